The van der Waals surface area contributed by atoms with Crippen molar-refractivity contribution < 1.29 is 4.79 Å². The molecular weight excluding hydrogens is 178 g/mol. The summed E-state index contributed by atoms with van der Waals surface area (Å²) in [5.74, 6) is 0.531. The smallest absolute Gasteiger partial charge is 0.316 e. The van der Waals surface area contributed by atoms with Crippen LogP contribution in [0.1, 0.15) is 0 Å². The van der Waals surface area contributed by atoms with Crippen molar-refractivity contribution >= 4 is 17.8 Å². The first-order chi connectivity index (χ1) is 5.48. The number of nitrogens with one attached hydrogen (secondary N) is 2. The molecule has 2 aliphatic heterocycles. The van der Waals surface area contributed by atoms with E-state index in [0.717, 1.165) is 0 Å². The molecule has 12 heavy (non-hydrogen) atoms. The molecule has 0 aliphatic carbocycles. The average Bonchev–Trinajstić information content (AvgIpc) is 2.28. The minimum Gasteiger partial charge on any atom is -0.316 e. The van der Waals surface area contributed by atoms with Crippen molar-refractivity contribution in [2.75, 3.05) is 5.75 Å². The standard InChI is InChI=1S/C5H11N5OS/c6-2-5(8)4(7,1-12-2)9-3(11)10-5/h2H,1,6-8H2,(H2,9,10,11)/t2-,4-,5+/m0/s1. The Labute approximate surface area is 73.6 Å². The molecule has 0 spiro atoms. The molecule has 8 N–H and O–H groups in total. The lowest BCUT2D eigenvalue weighted by atomic mass is 9.99. The number of hydrogen-bond acceptors (Lipinski definition) is 5. The highest BCUT2D eigenvalue weighted by Crippen LogP contribution is 2.36. The maximum absolute atomic E-state index is 11.0. The summed E-state index contributed by atoms with van der Waals surface area (Å²) >= 11 is 1.44. The second kappa shape index (κ2) is 2.05. The third-order valence-electron chi connectivity index (χ3n) is 2.33. The molecule has 2 amide bonds. The predicted octanol–water partition coefficient (Wildman–Crippen LogP) is -2.36. The summed E-state index contributed by atoms with van der Waals surface area (Å²) in [5.41, 5.74) is 15.5. The van der Waals surface area contributed by atoms with E-state index in [1.165, 1.54) is 11.8 Å². The van der Waals surface area contributed by atoms with Crippen molar-refractivity contribution in [3.8, 4) is 0 Å². The van der Waals surface area contributed by atoms with Crippen LogP contribution in [-0.2, 0) is 0 Å². The molecule has 0 bridgehead atoms. The summed E-state index contributed by atoms with van der Waals surface area (Å²) in [5, 5.41) is 4.74. The van der Waals surface area contributed by atoms with Crippen LogP contribution in [-0.4, -0.2) is 28.5 Å². The number of amides is 2. The lowest BCUT2D eigenvalue weighted by Gasteiger charge is -2.33. The van der Waals surface area contributed by atoms with Crippen molar-refractivity contribution in [1.82, 2.24) is 10.6 Å². The number of carbonyl (C=O) groups excluding carboxylic acids is 1. The van der Waals surface area contributed by atoms with Gasteiger partial charge in [-0.2, -0.15) is 0 Å². The molecule has 0 aromatic rings. The van der Waals surface area contributed by atoms with Crippen LogP contribution >= 0.6 is 11.8 Å². The molecule has 0 aromatic heterocycles. The van der Waals surface area contributed by atoms with Gasteiger partial charge in [-0.05, 0) is 0 Å². The third-order valence-corrected chi connectivity index (χ3v) is 3.69. The fourth-order valence-electron chi connectivity index (χ4n) is 1.47. The van der Waals surface area contributed by atoms with E-state index >= 15 is 0 Å². The van der Waals surface area contributed by atoms with E-state index in [4.69, 9.17) is 17.2 Å². The maximum Gasteiger partial charge on any atom is 0.318 e. The Kier molecular flexibility index (Phi) is 1.39. The summed E-state index contributed by atoms with van der Waals surface area (Å²) in [7, 11) is 0. The number of fused-ring (bicyclic) bond motifs is 1. The Morgan fingerprint density at radius 3 is 2.75 bits per heavy atom. The number of urea groups is 1. The number of nitrogens with two attached hydrogens (primary N) is 3. The van der Waals surface area contributed by atoms with Gasteiger partial charge in [-0.3, -0.25) is 0 Å². The molecule has 68 valence electrons. The van der Waals surface area contributed by atoms with Crippen LogP contribution in [0.4, 0.5) is 4.79 Å². The fourth-order valence-corrected chi connectivity index (χ4v) is 2.76. The number of rotatable bonds is 0. The maximum atomic E-state index is 11.0. The van der Waals surface area contributed by atoms with Crippen LogP contribution in [0.15, 0.2) is 0 Å². The minimum atomic E-state index is -1.02. The Hall–Kier alpha value is -0.500. The Bertz CT molecular complexity index is 248. The molecular formula is C5H11N5OS. The molecule has 0 saturated carbocycles. The number of thioether (sulfide) groups is 1. The van der Waals surface area contributed by atoms with Crippen molar-refractivity contribution in [1.29, 1.82) is 0 Å². The SMILES string of the molecule is N[C@H]1SC[C@]2(N)NC(=O)N[C@]12N. The van der Waals surface area contributed by atoms with E-state index in [9.17, 15) is 4.79 Å². The van der Waals surface area contributed by atoms with E-state index in [1.54, 1.807) is 0 Å². The summed E-state index contributed by atoms with van der Waals surface area (Å²) in [4.78, 5) is 11.0. The van der Waals surface area contributed by atoms with Gasteiger partial charge in [0.1, 0.15) is 5.66 Å². The molecule has 6 nitrogen and oxygen atoms in total. The minimum absolute atomic E-state index is 0.351. The van der Waals surface area contributed by atoms with Gasteiger partial charge in [0, 0.05) is 5.75 Å². The summed E-state index contributed by atoms with van der Waals surface area (Å²) in [6, 6.07) is -0.351. The van der Waals surface area contributed by atoms with Crippen LogP contribution in [0.25, 0.3) is 0 Å². The Morgan fingerprint density at radius 1 is 1.50 bits per heavy atom. The number of carbonyl (C=O) groups is 1. The highest BCUT2D eigenvalue weighted by Gasteiger charge is 2.62. The lowest BCUT2D eigenvalue weighted by molar-refractivity contribution is 0.244. The highest BCUT2D eigenvalue weighted by atomic mass is 32.2. The molecule has 2 rings (SSSR count). The van der Waals surface area contributed by atoms with E-state index in [-0.39, 0.29) is 11.4 Å². The molecule has 7 heteroatoms. The van der Waals surface area contributed by atoms with Crippen LogP contribution < -0.4 is 27.8 Å². The van der Waals surface area contributed by atoms with Gasteiger partial charge in [0.05, 0.1) is 5.37 Å². The third kappa shape index (κ3) is 0.738. The molecule has 0 unspecified atom stereocenters. The van der Waals surface area contributed by atoms with Gasteiger partial charge < -0.3 is 27.8 Å². The van der Waals surface area contributed by atoms with Gasteiger partial charge in [0.2, 0.25) is 0 Å². The molecule has 2 saturated heterocycles. The van der Waals surface area contributed by atoms with Crippen LogP contribution in [0.5, 0.6) is 0 Å². The van der Waals surface area contributed by atoms with Crippen molar-refractivity contribution in [2.45, 2.75) is 16.7 Å². The van der Waals surface area contributed by atoms with Gasteiger partial charge in [-0.25, -0.2) is 4.79 Å². The largest absolute Gasteiger partial charge is 0.318 e. The van der Waals surface area contributed by atoms with Gasteiger partial charge in [-0.15, -0.1) is 11.8 Å². The van der Waals surface area contributed by atoms with E-state index in [2.05, 4.69) is 10.6 Å². The van der Waals surface area contributed by atoms with Crippen LogP contribution in [0.2, 0.25) is 0 Å². The fraction of sp³-hybridized carbons (Fsp3) is 0.800. The molecule has 3 atom stereocenters. The second-order valence-electron chi connectivity index (χ2n) is 3.15. The summed E-state index contributed by atoms with van der Waals surface area (Å²) in [6.45, 7) is 0. The predicted molar refractivity (Wildman–Crippen MR) is 45.9 cm³/mol. The first kappa shape index (κ1) is 8.11. The Morgan fingerprint density at radius 2 is 2.17 bits per heavy atom. The summed E-state index contributed by atoms with van der Waals surface area (Å²) < 4.78 is 0. The van der Waals surface area contributed by atoms with Crippen LogP contribution in [0.3, 0.4) is 0 Å². The van der Waals surface area contributed by atoms with E-state index in [0.29, 0.717) is 5.75 Å². The van der Waals surface area contributed by atoms with Crippen molar-refractivity contribution in [3.05, 3.63) is 0 Å². The quantitative estimate of drug-likeness (QED) is 0.273. The van der Waals surface area contributed by atoms with Crippen LogP contribution in [0, 0.1) is 0 Å². The molecule has 2 heterocycles. The molecule has 0 aromatic carbocycles. The zero-order valence-corrected chi connectivity index (χ0v) is 7.15. The second-order valence-corrected chi connectivity index (χ2v) is 4.28. The first-order valence-corrected chi connectivity index (χ1v) is 4.58. The molecule has 2 fully saturated rings. The van der Waals surface area contributed by atoms with Gasteiger partial charge >= 0.3 is 6.03 Å². The normalized spacial score (nSPS) is 51.6. The first-order valence-electron chi connectivity index (χ1n) is 3.53. The summed E-state index contributed by atoms with van der Waals surface area (Å²) in [6.07, 6.45) is 0. The average molecular weight is 189 g/mol. The lowest BCUT2D eigenvalue weighted by Crippen LogP contribution is -2.74. The highest BCUT2D eigenvalue weighted by molar-refractivity contribution is 8.00. The topological polar surface area (TPSA) is 119 Å². The van der Waals surface area contributed by atoms with Crippen molar-refractivity contribution in [3.63, 3.8) is 0 Å². The van der Waals surface area contributed by atoms with E-state index < -0.39 is 11.3 Å². The monoisotopic (exact) mass is 189 g/mol. The van der Waals surface area contributed by atoms with Gasteiger partial charge in [-0.1, -0.05) is 0 Å². The van der Waals surface area contributed by atoms with Gasteiger partial charge in [0.25, 0.3) is 0 Å². The zero-order chi connectivity index (χ0) is 8.98. The number of hydrogen-bond donors (Lipinski definition) is 5. The Balaban J connectivity index is 2.38. The van der Waals surface area contributed by atoms with Crippen molar-refractivity contribution in [2.24, 2.45) is 17.2 Å². The molecule has 0 radical (unpaired) electrons. The van der Waals surface area contributed by atoms with Gasteiger partial charge in [0.15, 0.2) is 5.66 Å². The zero-order valence-electron chi connectivity index (χ0n) is 6.33. The van der Waals surface area contributed by atoms with E-state index in [1.807, 2.05) is 0 Å². The molecule has 2 aliphatic rings.